The Morgan fingerprint density at radius 1 is 1.26 bits per heavy atom. The third-order valence-electron chi connectivity index (χ3n) is 2.83. The topological polar surface area (TPSA) is 46.2 Å². The van der Waals surface area contributed by atoms with Crippen LogP contribution in [-0.2, 0) is 16.0 Å². The van der Waals surface area contributed by atoms with Gasteiger partial charge in [0.1, 0.15) is 0 Å². The first-order valence-corrected chi connectivity index (χ1v) is 8.12. The molecule has 0 aliphatic carbocycles. The molecule has 8 heteroatoms. The first-order valence-electron chi connectivity index (χ1n) is 5.50. The van der Waals surface area contributed by atoms with Crippen molar-refractivity contribution in [1.29, 1.82) is 0 Å². The van der Waals surface area contributed by atoms with Crippen molar-refractivity contribution >= 4 is 31.5 Å². The first kappa shape index (κ1) is 14.6. The largest absolute Gasteiger partial charge is 0.416 e. The third kappa shape index (κ3) is 3.85. The number of hydrogen-bond acceptors (Lipinski definition) is 3. The lowest BCUT2D eigenvalue weighted by Crippen LogP contribution is -2.21. The predicted octanol–water partition coefficient (Wildman–Crippen LogP) is 3.07. The second kappa shape index (κ2) is 4.97. The number of halogens is 4. The molecular weight excluding hydrogens is 347 g/mol. The summed E-state index contributed by atoms with van der Waals surface area (Å²) in [6, 6.07) is 3.13. The highest BCUT2D eigenvalue weighted by molar-refractivity contribution is 9.10. The van der Waals surface area contributed by atoms with Crippen molar-refractivity contribution in [3.05, 3.63) is 28.2 Å². The van der Waals surface area contributed by atoms with E-state index in [1.165, 1.54) is 6.07 Å². The van der Waals surface area contributed by atoms with Crippen molar-refractivity contribution in [3.63, 3.8) is 0 Å². The number of alkyl halides is 3. The number of benzene rings is 1. The van der Waals surface area contributed by atoms with Crippen molar-refractivity contribution in [1.82, 2.24) is 0 Å². The summed E-state index contributed by atoms with van der Waals surface area (Å²) in [6.45, 7) is 0. The van der Waals surface area contributed by atoms with Gasteiger partial charge in [0.05, 0.1) is 17.1 Å². The molecule has 1 heterocycles. The summed E-state index contributed by atoms with van der Waals surface area (Å²) < 4.78 is 60.8. The molecule has 19 heavy (non-hydrogen) atoms. The van der Waals surface area contributed by atoms with E-state index in [2.05, 4.69) is 21.2 Å². The van der Waals surface area contributed by atoms with Gasteiger partial charge in [-0.2, -0.15) is 13.2 Å². The van der Waals surface area contributed by atoms with Crippen LogP contribution in [-0.4, -0.2) is 26.0 Å². The van der Waals surface area contributed by atoms with Crippen LogP contribution in [0.4, 0.5) is 18.9 Å². The average molecular weight is 358 g/mol. The van der Waals surface area contributed by atoms with Crippen molar-refractivity contribution < 1.29 is 21.6 Å². The van der Waals surface area contributed by atoms with E-state index in [4.69, 9.17) is 0 Å². The minimum atomic E-state index is -4.43. The van der Waals surface area contributed by atoms with Crippen LogP contribution < -0.4 is 5.32 Å². The highest BCUT2D eigenvalue weighted by atomic mass is 79.9. The van der Waals surface area contributed by atoms with Crippen LogP contribution in [0.2, 0.25) is 0 Å². The Kier molecular flexibility index (Phi) is 3.83. The van der Waals surface area contributed by atoms with Crippen LogP contribution in [0.5, 0.6) is 0 Å². The lowest BCUT2D eigenvalue weighted by Gasteiger charge is -2.15. The van der Waals surface area contributed by atoms with Gasteiger partial charge in [0, 0.05) is 16.2 Å². The molecule has 0 saturated carbocycles. The van der Waals surface area contributed by atoms with Gasteiger partial charge in [0.15, 0.2) is 9.84 Å². The second-order valence-electron chi connectivity index (χ2n) is 4.47. The number of rotatable bonds is 2. The second-order valence-corrected chi connectivity index (χ2v) is 7.62. The Morgan fingerprint density at radius 3 is 2.47 bits per heavy atom. The third-order valence-corrected chi connectivity index (χ3v) is 5.05. The zero-order valence-electron chi connectivity index (χ0n) is 9.67. The summed E-state index contributed by atoms with van der Waals surface area (Å²) in [6.07, 6.45) is -4.02. The van der Waals surface area contributed by atoms with Crippen LogP contribution in [0.3, 0.4) is 0 Å². The van der Waals surface area contributed by atoms with Crippen molar-refractivity contribution in [2.75, 3.05) is 16.8 Å². The molecule has 0 bridgehead atoms. The molecule has 1 aliphatic heterocycles. The Balaban J connectivity index is 2.20. The highest BCUT2D eigenvalue weighted by Crippen LogP contribution is 2.33. The summed E-state index contributed by atoms with van der Waals surface area (Å²) >= 11 is 3.02. The van der Waals surface area contributed by atoms with Gasteiger partial charge in [-0.05, 0) is 24.6 Å². The monoisotopic (exact) mass is 357 g/mol. The van der Waals surface area contributed by atoms with Gasteiger partial charge < -0.3 is 5.32 Å². The number of hydrogen-bond donors (Lipinski definition) is 1. The summed E-state index contributed by atoms with van der Waals surface area (Å²) in [5.74, 6) is 0.0334. The Hall–Kier alpha value is -0.760. The van der Waals surface area contributed by atoms with Gasteiger partial charge in [-0.25, -0.2) is 8.42 Å². The molecule has 0 amide bonds. The summed E-state index contributed by atoms with van der Waals surface area (Å²) in [5.41, 5.74) is -0.506. The van der Waals surface area contributed by atoms with Gasteiger partial charge in [0.2, 0.25) is 0 Å². The molecular formula is C11H11BrF3NO2S. The average Bonchev–Trinajstić information content (AvgIpc) is 2.55. The zero-order chi connectivity index (χ0) is 14.3. The molecule has 0 radical (unpaired) electrons. The van der Waals surface area contributed by atoms with Crippen LogP contribution >= 0.6 is 15.9 Å². The molecule has 1 unspecified atom stereocenters. The van der Waals surface area contributed by atoms with E-state index < -0.39 is 21.6 Å². The van der Waals surface area contributed by atoms with Crippen LogP contribution in [0.15, 0.2) is 22.7 Å². The van der Waals surface area contributed by atoms with E-state index in [0.717, 1.165) is 12.1 Å². The first-order chi connectivity index (χ1) is 8.66. The molecule has 1 atom stereocenters. The fourth-order valence-corrected chi connectivity index (χ4v) is 4.15. The van der Waals surface area contributed by atoms with Gasteiger partial charge in [-0.15, -0.1) is 0 Å². The van der Waals surface area contributed by atoms with E-state index in [1.54, 1.807) is 0 Å². The maximum atomic E-state index is 12.6. The van der Waals surface area contributed by atoms with E-state index in [-0.39, 0.29) is 23.2 Å². The van der Waals surface area contributed by atoms with E-state index in [1.807, 2.05) is 0 Å². The lowest BCUT2D eigenvalue weighted by molar-refractivity contribution is -0.137. The highest BCUT2D eigenvalue weighted by Gasteiger charge is 2.32. The van der Waals surface area contributed by atoms with Crippen molar-refractivity contribution in [3.8, 4) is 0 Å². The SMILES string of the molecule is O=S1(=O)CCC(Nc2cc(Br)cc(C(F)(F)F)c2)C1. The molecule has 1 aromatic carbocycles. The molecule has 1 fully saturated rings. The van der Waals surface area contributed by atoms with Gasteiger partial charge in [-0.1, -0.05) is 15.9 Å². The maximum Gasteiger partial charge on any atom is 0.416 e. The standard InChI is InChI=1S/C11H11BrF3NO2S/c12-8-3-7(11(13,14)15)4-10(5-8)16-9-1-2-19(17,18)6-9/h3-5,9,16H,1-2,6H2. The smallest absolute Gasteiger partial charge is 0.381 e. The number of anilines is 1. The minimum absolute atomic E-state index is 0.0408. The number of nitrogens with one attached hydrogen (secondary N) is 1. The normalized spacial score (nSPS) is 22.4. The molecule has 0 spiro atoms. The van der Waals surface area contributed by atoms with Crippen molar-refractivity contribution in [2.24, 2.45) is 0 Å². The molecule has 0 aromatic heterocycles. The van der Waals surface area contributed by atoms with Crippen LogP contribution in [0.1, 0.15) is 12.0 Å². The van der Waals surface area contributed by atoms with Gasteiger partial charge in [0.25, 0.3) is 0 Å². The zero-order valence-corrected chi connectivity index (χ0v) is 12.1. The van der Waals surface area contributed by atoms with Gasteiger partial charge in [-0.3, -0.25) is 0 Å². The summed E-state index contributed by atoms with van der Waals surface area (Å²) in [4.78, 5) is 0. The summed E-state index contributed by atoms with van der Waals surface area (Å²) in [7, 11) is -3.06. The predicted molar refractivity (Wildman–Crippen MR) is 69.8 cm³/mol. The molecule has 3 nitrogen and oxygen atoms in total. The Labute approximate surface area is 117 Å². The van der Waals surface area contributed by atoms with E-state index >= 15 is 0 Å². The Morgan fingerprint density at radius 2 is 1.95 bits per heavy atom. The van der Waals surface area contributed by atoms with Crippen molar-refractivity contribution in [2.45, 2.75) is 18.6 Å². The van der Waals surface area contributed by atoms with E-state index in [9.17, 15) is 21.6 Å². The fraction of sp³-hybridized carbons (Fsp3) is 0.455. The van der Waals surface area contributed by atoms with E-state index in [0.29, 0.717) is 10.9 Å². The molecule has 106 valence electrons. The fourth-order valence-electron chi connectivity index (χ4n) is 1.98. The Bertz CT molecular complexity index is 586. The van der Waals surface area contributed by atoms with Crippen LogP contribution in [0, 0.1) is 0 Å². The molecule has 2 rings (SSSR count). The molecule has 1 saturated heterocycles. The number of sulfone groups is 1. The molecule has 1 N–H and O–H groups in total. The van der Waals surface area contributed by atoms with Crippen LogP contribution in [0.25, 0.3) is 0 Å². The summed E-state index contributed by atoms with van der Waals surface area (Å²) in [5, 5.41) is 2.84. The molecule has 1 aliphatic rings. The quantitative estimate of drug-likeness (QED) is 0.884. The molecule has 1 aromatic rings. The maximum absolute atomic E-state index is 12.6. The minimum Gasteiger partial charge on any atom is -0.381 e. The van der Waals surface area contributed by atoms with Gasteiger partial charge >= 0.3 is 6.18 Å². The lowest BCUT2D eigenvalue weighted by atomic mass is 10.1.